The average Bonchev–Trinajstić information content (AvgIpc) is 3.21. The van der Waals surface area contributed by atoms with Crippen LogP contribution in [0.3, 0.4) is 0 Å². The van der Waals surface area contributed by atoms with E-state index in [1.807, 2.05) is 0 Å². The molecule has 0 bridgehead atoms. The van der Waals surface area contributed by atoms with Crippen molar-refractivity contribution in [3.63, 3.8) is 0 Å². The summed E-state index contributed by atoms with van der Waals surface area (Å²) >= 11 is 0. The molecule has 8 rings (SSSR count). The van der Waals surface area contributed by atoms with Gasteiger partial charge in [-0.2, -0.15) is 0 Å². The highest BCUT2D eigenvalue weighted by molar-refractivity contribution is 5.76. The summed E-state index contributed by atoms with van der Waals surface area (Å²) in [7, 11) is 0. The molecule has 2 aliphatic carbocycles. The quantitative estimate of drug-likeness (QED) is 0.155. The summed E-state index contributed by atoms with van der Waals surface area (Å²) in [6, 6.07) is 61.4. The van der Waals surface area contributed by atoms with Gasteiger partial charge in [0.2, 0.25) is 0 Å². The van der Waals surface area contributed by atoms with Gasteiger partial charge in [-0.05, 0) is 83.6 Å². The molecule has 0 aliphatic heterocycles. The number of anilines is 4. The zero-order valence-electron chi connectivity index (χ0n) is 28.1. The van der Waals surface area contributed by atoms with Gasteiger partial charge < -0.3 is 9.80 Å². The molecule has 0 heterocycles. The summed E-state index contributed by atoms with van der Waals surface area (Å²) in [6.45, 7) is 0. The van der Waals surface area contributed by atoms with E-state index in [4.69, 9.17) is 0 Å². The first kappa shape index (κ1) is 31.2. The number of benzene rings is 6. The van der Waals surface area contributed by atoms with E-state index in [9.17, 15) is 0 Å². The van der Waals surface area contributed by atoms with Crippen molar-refractivity contribution >= 4 is 22.7 Å². The molecular weight excluding hydrogens is 605 g/mol. The lowest BCUT2D eigenvalue weighted by Crippen LogP contribution is -2.42. The molecule has 0 amide bonds. The zero-order chi connectivity index (χ0) is 33.6. The summed E-state index contributed by atoms with van der Waals surface area (Å²) in [6.07, 6.45) is 19.7. The summed E-state index contributed by atoms with van der Waals surface area (Å²) in [5.74, 6) is 0. The number of hydrogen-bond donors (Lipinski definition) is 0. The average molecular weight is 645 g/mol. The molecule has 0 N–H and O–H groups in total. The van der Waals surface area contributed by atoms with Gasteiger partial charge in [-0.15, -0.1) is 0 Å². The molecule has 2 unspecified atom stereocenters. The van der Waals surface area contributed by atoms with Crippen LogP contribution >= 0.6 is 0 Å². The van der Waals surface area contributed by atoms with Crippen molar-refractivity contribution in [2.24, 2.45) is 0 Å². The molecule has 0 radical (unpaired) electrons. The van der Waals surface area contributed by atoms with Crippen LogP contribution in [0.15, 0.2) is 218 Å². The third-order valence-corrected chi connectivity index (χ3v) is 10.1. The number of allylic oxidation sites excluding steroid dienone is 4. The van der Waals surface area contributed by atoms with Crippen LogP contribution in [-0.4, -0.2) is 0 Å². The molecule has 50 heavy (non-hydrogen) atoms. The second-order valence-corrected chi connectivity index (χ2v) is 13.0. The molecule has 2 aliphatic rings. The van der Waals surface area contributed by atoms with Crippen LogP contribution in [0.2, 0.25) is 0 Å². The van der Waals surface area contributed by atoms with Gasteiger partial charge in [-0.25, -0.2) is 0 Å². The van der Waals surface area contributed by atoms with E-state index in [0.29, 0.717) is 0 Å². The third-order valence-electron chi connectivity index (χ3n) is 10.1. The second kappa shape index (κ2) is 13.8. The lowest BCUT2D eigenvalue weighted by molar-refractivity contribution is 0.547. The summed E-state index contributed by atoms with van der Waals surface area (Å²) in [5.41, 5.74) is 8.83. The monoisotopic (exact) mass is 644 g/mol. The van der Waals surface area contributed by atoms with E-state index in [-0.39, 0.29) is 11.1 Å². The Morgan fingerprint density at radius 1 is 0.320 bits per heavy atom. The summed E-state index contributed by atoms with van der Waals surface area (Å²) in [4.78, 5) is 4.98. The summed E-state index contributed by atoms with van der Waals surface area (Å²) < 4.78 is 0. The first-order valence-electron chi connectivity index (χ1n) is 17.5. The number of nitrogens with zero attached hydrogens (tertiary/aromatic N) is 2. The van der Waals surface area contributed by atoms with Crippen molar-refractivity contribution in [3.05, 3.63) is 230 Å². The third kappa shape index (κ3) is 5.80. The highest BCUT2D eigenvalue weighted by Crippen LogP contribution is 2.47. The largest absolute Gasteiger partial charge is 0.327 e. The van der Waals surface area contributed by atoms with Gasteiger partial charge in [0.05, 0.1) is 11.1 Å². The fourth-order valence-corrected chi connectivity index (χ4v) is 7.67. The molecule has 2 atom stereocenters. The topological polar surface area (TPSA) is 6.48 Å². The molecule has 2 nitrogen and oxygen atoms in total. The minimum absolute atomic E-state index is 0.348. The van der Waals surface area contributed by atoms with Crippen LogP contribution in [0.4, 0.5) is 22.7 Å². The Hall–Kier alpha value is -6.12. The van der Waals surface area contributed by atoms with Crippen molar-refractivity contribution in [1.82, 2.24) is 0 Å². The van der Waals surface area contributed by atoms with E-state index in [0.717, 1.165) is 35.6 Å². The number of hydrogen-bond acceptors (Lipinski definition) is 2. The SMILES string of the molecule is C1=CCC(c2ccccc2)(N(c2ccccc2)c2ccc(-c3ccc(N(c4ccccc4)C4(c5ccccc5)C=CC=CC4)cc3)cc2)C=C1. The molecule has 0 aromatic heterocycles. The number of para-hydroxylation sites is 2. The van der Waals surface area contributed by atoms with E-state index < -0.39 is 0 Å². The van der Waals surface area contributed by atoms with E-state index in [2.05, 4.69) is 228 Å². The van der Waals surface area contributed by atoms with Gasteiger partial charge in [0.15, 0.2) is 0 Å². The minimum atomic E-state index is -0.348. The van der Waals surface area contributed by atoms with Gasteiger partial charge in [0.25, 0.3) is 0 Å². The Labute approximate surface area is 296 Å². The molecular formula is C48H40N2. The van der Waals surface area contributed by atoms with E-state index >= 15 is 0 Å². The lowest BCUT2D eigenvalue weighted by Gasteiger charge is -2.45. The van der Waals surface area contributed by atoms with Gasteiger partial charge in [-0.3, -0.25) is 0 Å². The van der Waals surface area contributed by atoms with Gasteiger partial charge in [0.1, 0.15) is 0 Å². The van der Waals surface area contributed by atoms with Gasteiger partial charge >= 0.3 is 0 Å². The number of rotatable bonds is 9. The Morgan fingerprint density at radius 3 is 0.960 bits per heavy atom. The van der Waals surface area contributed by atoms with Crippen molar-refractivity contribution in [1.29, 1.82) is 0 Å². The maximum atomic E-state index is 2.49. The first-order valence-corrected chi connectivity index (χ1v) is 17.5. The normalized spacial score (nSPS) is 19.3. The molecule has 0 saturated heterocycles. The smallest absolute Gasteiger partial charge is 0.0923 e. The van der Waals surface area contributed by atoms with Crippen LogP contribution < -0.4 is 9.80 Å². The second-order valence-electron chi connectivity index (χ2n) is 13.0. The molecule has 242 valence electrons. The van der Waals surface area contributed by atoms with Gasteiger partial charge in [-0.1, -0.05) is 170 Å². The minimum Gasteiger partial charge on any atom is -0.327 e. The highest BCUT2D eigenvalue weighted by Gasteiger charge is 2.39. The summed E-state index contributed by atoms with van der Waals surface area (Å²) in [5, 5.41) is 0. The Bertz CT molecular complexity index is 1970. The van der Waals surface area contributed by atoms with Crippen LogP contribution in [0.25, 0.3) is 11.1 Å². The molecule has 6 aromatic rings. The van der Waals surface area contributed by atoms with E-state index in [1.54, 1.807) is 0 Å². The van der Waals surface area contributed by atoms with Crippen LogP contribution in [0.5, 0.6) is 0 Å². The Balaban J connectivity index is 1.17. The standard InChI is InChI=1S/C48H40N2/c1-7-19-41(20-8-1)47(35-15-5-16-36-47)49(43-23-11-3-12-24-43)45-31-27-39(28-32-45)40-29-33-46(34-30-40)50(44-25-13-4-14-26-44)48(37-17-6-18-38-48)42-21-9-2-10-22-42/h1-35,37H,36,38H2. The van der Waals surface area contributed by atoms with Crippen molar-refractivity contribution in [3.8, 4) is 11.1 Å². The zero-order valence-corrected chi connectivity index (χ0v) is 28.1. The van der Waals surface area contributed by atoms with Crippen molar-refractivity contribution < 1.29 is 0 Å². The van der Waals surface area contributed by atoms with E-state index in [1.165, 1.54) is 22.3 Å². The van der Waals surface area contributed by atoms with Crippen LogP contribution in [0.1, 0.15) is 24.0 Å². The van der Waals surface area contributed by atoms with Crippen molar-refractivity contribution in [2.75, 3.05) is 9.80 Å². The molecule has 0 spiro atoms. The highest BCUT2D eigenvalue weighted by atomic mass is 15.2. The molecule has 0 fully saturated rings. The maximum Gasteiger partial charge on any atom is 0.0923 e. The first-order chi connectivity index (χ1) is 24.8. The maximum absolute atomic E-state index is 2.49. The predicted octanol–water partition coefficient (Wildman–Crippen LogP) is 12.5. The lowest BCUT2D eigenvalue weighted by atomic mass is 9.81. The fraction of sp³-hybridized carbons (Fsp3) is 0.0833. The molecule has 6 aromatic carbocycles. The van der Waals surface area contributed by atoms with Crippen molar-refractivity contribution in [2.45, 2.75) is 23.9 Å². The fourth-order valence-electron chi connectivity index (χ4n) is 7.67. The molecule has 0 saturated carbocycles. The Morgan fingerprint density at radius 2 is 0.640 bits per heavy atom. The Kier molecular flexibility index (Phi) is 8.59. The predicted molar refractivity (Wildman–Crippen MR) is 211 cm³/mol. The van der Waals surface area contributed by atoms with Crippen LogP contribution in [0, 0.1) is 0 Å². The van der Waals surface area contributed by atoms with Crippen LogP contribution in [-0.2, 0) is 11.1 Å². The molecule has 2 heteroatoms. The van der Waals surface area contributed by atoms with Gasteiger partial charge in [0, 0.05) is 22.7 Å².